The Hall–Kier alpha value is -1.60. The minimum atomic E-state index is 0.398. The van der Waals surface area contributed by atoms with E-state index in [0.717, 1.165) is 43.9 Å². The molecule has 0 spiro atoms. The highest BCUT2D eigenvalue weighted by atomic mass is 15.3. The van der Waals surface area contributed by atoms with Gasteiger partial charge in [0.15, 0.2) is 0 Å². The lowest BCUT2D eigenvalue weighted by Crippen LogP contribution is -2.50. The number of piperazine rings is 1. The summed E-state index contributed by atoms with van der Waals surface area (Å²) < 4.78 is 0. The van der Waals surface area contributed by atoms with E-state index in [0.29, 0.717) is 6.04 Å². The van der Waals surface area contributed by atoms with Gasteiger partial charge in [0.1, 0.15) is 11.9 Å². The average molecular weight is 256 g/mol. The zero-order valence-electron chi connectivity index (χ0n) is 11.4. The van der Waals surface area contributed by atoms with Crippen LogP contribution in [0.2, 0.25) is 0 Å². The molecule has 1 aliphatic heterocycles. The van der Waals surface area contributed by atoms with Crippen molar-refractivity contribution in [3.05, 3.63) is 22.9 Å². The van der Waals surface area contributed by atoms with Gasteiger partial charge in [-0.1, -0.05) is 0 Å². The van der Waals surface area contributed by atoms with Crippen molar-refractivity contribution < 1.29 is 0 Å². The SMILES string of the molecule is CC1CNCCN1c1nc2c(cc1C#N)CCCC2. The fourth-order valence-electron chi connectivity index (χ4n) is 3.08. The Morgan fingerprint density at radius 1 is 1.42 bits per heavy atom. The fourth-order valence-corrected chi connectivity index (χ4v) is 3.08. The van der Waals surface area contributed by atoms with Gasteiger partial charge >= 0.3 is 0 Å². The van der Waals surface area contributed by atoms with E-state index >= 15 is 0 Å². The second-order valence-electron chi connectivity index (χ2n) is 5.53. The molecule has 1 saturated heterocycles. The minimum Gasteiger partial charge on any atom is -0.350 e. The van der Waals surface area contributed by atoms with Gasteiger partial charge in [-0.2, -0.15) is 5.26 Å². The van der Waals surface area contributed by atoms with E-state index in [1.165, 1.54) is 24.1 Å². The van der Waals surface area contributed by atoms with Gasteiger partial charge in [0.05, 0.1) is 5.56 Å². The van der Waals surface area contributed by atoms with Crippen LogP contribution in [0.5, 0.6) is 0 Å². The van der Waals surface area contributed by atoms with Crippen molar-refractivity contribution in [1.82, 2.24) is 10.3 Å². The third-order valence-electron chi connectivity index (χ3n) is 4.17. The molecule has 1 N–H and O–H groups in total. The molecule has 0 aromatic carbocycles. The molecule has 0 saturated carbocycles. The van der Waals surface area contributed by atoms with E-state index in [-0.39, 0.29) is 0 Å². The molecule has 1 aromatic rings. The summed E-state index contributed by atoms with van der Waals surface area (Å²) in [6.45, 7) is 5.05. The smallest absolute Gasteiger partial charge is 0.147 e. The standard InChI is InChI=1S/C15H20N4/c1-11-10-17-6-7-19(11)15-13(9-16)8-12-4-2-3-5-14(12)18-15/h8,11,17H,2-7,10H2,1H3. The van der Waals surface area contributed by atoms with Crippen molar-refractivity contribution in [3.8, 4) is 6.07 Å². The van der Waals surface area contributed by atoms with E-state index in [1.807, 2.05) is 0 Å². The molecule has 4 nitrogen and oxygen atoms in total. The van der Waals surface area contributed by atoms with Crippen molar-refractivity contribution in [2.24, 2.45) is 0 Å². The van der Waals surface area contributed by atoms with Gasteiger partial charge in [-0.25, -0.2) is 4.98 Å². The highest BCUT2D eigenvalue weighted by molar-refractivity contribution is 5.57. The van der Waals surface area contributed by atoms with Gasteiger partial charge in [-0.3, -0.25) is 0 Å². The number of nitriles is 1. The van der Waals surface area contributed by atoms with Crippen molar-refractivity contribution in [2.75, 3.05) is 24.5 Å². The first-order valence-corrected chi connectivity index (χ1v) is 7.20. The van der Waals surface area contributed by atoms with Crippen LogP contribution in [0.15, 0.2) is 6.07 Å². The van der Waals surface area contributed by atoms with Gasteiger partial charge in [0, 0.05) is 31.4 Å². The Labute approximate surface area is 114 Å². The lowest BCUT2D eigenvalue weighted by molar-refractivity contribution is 0.495. The van der Waals surface area contributed by atoms with Crippen molar-refractivity contribution in [1.29, 1.82) is 5.26 Å². The number of aryl methyl sites for hydroxylation is 2. The number of hydrogen-bond donors (Lipinski definition) is 1. The molecule has 1 fully saturated rings. The summed E-state index contributed by atoms with van der Waals surface area (Å²) in [5, 5.41) is 12.8. The van der Waals surface area contributed by atoms with E-state index in [9.17, 15) is 5.26 Å². The first-order chi connectivity index (χ1) is 9.29. The van der Waals surface area contributed by atoms with Gasteiger partial charge < -0.3 is 10.2 Å². The van der Waals surface area contributed by atoms with Gasteiger partial charge in [0.25, 0.3) is 0 Å². The van der Waals surface area contributed by atoms with Crippen molar-refractivity contribution in [2.45, 2.75) is 38.6 Å². The molecule has 19 heavy (non-hydrogen) atoms. The molecule has 0 radical (unpaired) electrons. The number of pyridine rings is 1. The predicted molar refractivity (Wildman–Crippen MR) is 75.3 cm³/mol. The number of fused-ring (bicyclic) bond motifs is 1. The van der Waals surface area contributed by atoms with Gasteiger partial charge in [0.2, 0.25) is 0 Å². The Balaban J connectivity index is 2.02. The Bertz CT molecular complexity index is 518. The predicted octanol–water partition coefficient (Wildman–Crippen LogP) is 1.63. The van der Waals surface area contributed by atoms with Crippen LogP contribution in [0.25, 0.3) is 0 Å². The van der Waals surface area contributed by atoms with Crippen LogP contribution in [0.1, 0.15) is 36.6 Å². The third kappa shape index (κ3) is 2.31. The van der Waals surface area contributed by atoms with Crippen LogP contribution in [0, 0.1) is 11.3 Å². The van der Waals surface area contributed by atoms with E-state index in [1.54, 1.807) is 0 Å². The molecule has 0 bridgehead atoms. The summed E-state index contributed by atoms with van der Waals surface area (Å²) in [6.07, 6.45) is 4.59. The Morgan fingerprint density at radius 2 is 2.26 bits per heavy atom. The number of anilines is 1. The number of hydrogen-bond acceptors (Lipinski definition) is 4. The highest BCUT2D eigenvalue weighted by Gasteiger charge is 2.24. The first-order valence-electron chi connectivity index (χ1n) is 7.20. The quantitative estimate of drug-likeness (QED) is 0.829. The highest BCUT2D eigenvalue weighted by Crippen LogP contribution is 2.27. The molecule has 3 rings (SSSR count). The Kier molecular flexibility index (Phi) is 3.39. The lowest BCUT2D eigenvalue weighted by Gasteiger charge is -2.36. The summed E-state index contributed by atoms with van der Waals surface area (Å²) in [6, 6.07) is 4.81. The number of rotatable bonds is 1. The molecule has 1 atom stereocenters. The molecule has 4 heteroatoms. The fraction of sp³-hybridized carbons (Fsp3) is 0.600. The maximum absolute atomic E-state index is 9.40. The minimum absolute atomic E-state index is 0.398. The van der Waals surface area contributed by atoms with E-state index in [4.69, 9.17) is 4.98 Å². The van der Waals surface area contributed by atoms with Gasteiger partial charge in [-0.05, 0) is 44.2 Å². The number of aromatic nitrogens is 1. The molecule has 1 unspecified atom stereocenters. The maximum atomic E-state index is 9.40. The van der Waals surface area contributed by atoms with Crippen LogP contribution < -0.4 is 10.2 Å². The first kappa shape index (κ1) is 12.4. The zero-order chi connectivity index (χ0) is 13.2. The van der Waals surface area contributed by atoms with E-state index < -0.39 is 0 Å². The van der Waals surface area contributed by atoms with Crippen LogP contribution in [-0.2, 0) is 12.8 Å². The second-order valence-corrected chi connectivity index (χ2v) is 5.53. The summed E-state index contributed by atoms with van der Waals surface area (Å²) in [4.78, 5) is 7.12. The molecule has 1 aromatic heterocycles. The Morgan fingerprint density at radius 3 is 3.05 bits per heavy atom. The van der Waals surface area contributed by atoms with Crippen LogP contribution in [0.4, 0.5) is 5.82 Å². The lowest BCUT2D eigenvalue weighted by atomic mass is 9.94. The van der Waals surface area contributed by atoms with Crippen molar-refractivity contribution >= 4 is 5.82 Å². The second kappa shape index (κ2) is 5.18. The average Bonchev–Trinajstić information content (AvgIpc) is 2.46. The van der Waals surface area contributed by atoms with Crippen molar-refractivity contribution in [3.63, 3.8) is 0 Å². The molecular formula is C15H20N4. The molecule has 2 aliphatic rings. The zero-order valence-corrected chi connectivity index (χ0v) is 11.4. The molecule has 2 heterocycles. The molecule has 100 valence electrons. The summed E-state index contributed by atoms with van der Waals surface area (Å²) in [5.41, 5.74) is 3.25. The van der Waals surface area contributed by atoms with Crippen LogP contribution in [-0.4, -0.2) is 30.7 Å². The number of nitrogens with one attached hydrogen (secondary N) is 1. The molecular weight excluding hydrogens is 236 g/mol. The summed E-state index contributed by atoms with van der Waals surface area (Å²) in [7, 11) is 0. The topological polar surface area (TPSA) is 52.0 Å². The molecule has 1 aliphatic carbocycles. The van der Waals surface area contributed by atoms with Gasteiger partial charge in [-0.15, -0.1) is 0 Å². The largest absolute Gasteiger partial charge is 0.350 e. The normalized spacial score (nSPS) is 22.7. The van der Waals surface area contributed by atoms with Crippen LogP contribution >= 0.6 is 0 Å². The van der Waals surface area contributed by atoms with E-state index in [2.05, 4.69) is 29.3 Å². The maximum Gasteiger partial charge on any atom is 0.147 e. The summed E-state index contributed by atoms with van der Waals surface area (Å²) in [5.74, 6) is 0.900. The monoisotopic (exact) mass is 256 g/mol. The van der Waals surface area contributed by atoms with Crippen LogP contribution in [0.3, 0.4) is 0 Å². The molecule has 0 amide bonds. The third-order valence-corrected chi connectivity index (χ3v) is 4.17. The summed E-state index contributed by atoms with van der Waals surface area (Å²) >= 11 is 0. The number of nitrogens with zero attached hydrogens (tertiary/aromatic N) is 3.